The molecule has 0 aromatic carbocycles. The van der Waals surface area contributed by atoms with Crippen LogP contribution in [-0.4, -0.2) is 51.7 Å². The third-order valence-electron chi connectivity index (χ3n) is 4.28. The largest absolute Gasteiger partial charge is 0.381 e. The maximum atomic E-state index is 12.6. The molecule has 0 atom stereocenters. The van der Waals surface area contributed by atoms with Gasteiger partial charge in [0.25, 0.3) is 5.91 Å². The van der Waals surface area contributed by atoms with E-state index in [0.29, 0.717) is 23.6 Å². The highest BCUT2D eigenvalue weighted by molar-refractivity contribution is 5.93. The van der Waals surface area contributed by atoms with Crippen molar-refractivity contribution in [3.05, 3.63) is 30.5 Å². The predicted octanol–water partition coefficient (Wildman–Crippen LogP) is 1.39. The minimum atomic E-state index is -0.184. The zero-order valence-corrected chi connectivity index (χ0v) is 13.9. The lowest BCUT2D eigenvalue weighted by Crippen LogP contribution is -2.39. The number of carbonyl (C=O) groups excluding carboxylic acids is 1. The number of hydrogen-bond acceptors (Lipinski definition) is 6. The SMILES string of the molecule is CNc1cc(C(=O)NC2CCC(OC)CC2)nc(-n2ccnc2)n1. The second-order valence-electron chi connectivity index (χ2n) is 5.84. The van der Waals surface area contributed by atoms with Crippen molar-refractivity contribution in [3.63, 3.8) is 0 Å². The van der Waals surface area contributed by atoms with Crippen LogP contribution in [0.4, 0.5) is 5.82 Å². The normalized spacial score (nSPS) is 20.6. The maximum absolute atomic E-state index is 12.6. The summed E-state index contributed by atoms with van der Waals surface area (Å²) in [6.07, 6.45) is 9.06. The molecule has 0 aliphatic heterocycles. The van der Waals surface area contributed by atoms with E-state index in [9.17, 15) is 4.79 Å². The lowest BCUT2D eigenvalue weighted by atomic mass is 9.93. The monoisotopic (exact) mass is 330 g/mol. The van der Waals surface area contributed by atoms with Crippen LogP contribution in [0.5, 0.6) is 0 Å². The molecule has 24 heavy (non-hydrogen) atoms. The van der Waals surface area contributed by atoms with Crippen LogP contribution in [0, 0.1) is 0 Å². The molecule has 3 rings (SSSR count). The Morgan fingerprint density at radius 3 is 2.71 bits per heavy atom. The summed E-state index contributed by atoms with van der Waals surface area (Å²) in [5.41, 5.74) is 0.340. The number of rotatable bonds is 5. The number of anilines is 1. The van der Waals surface area contributed by atoms with E-state index in [4.69, 9.17) is 4.74 Å². The van der Waals surface area contributed by atoms with Crippen molar-refractivity contribution in [1.82, 2.24) is 24.8 Å². The Labute approximate surface area is 140 Å². The van der Waals surface area contributed by atoms with Crippen LogP contribution in [0.1, 0.15) is 36.2 Å². The van der Waals surface area contributed by atoms with E-state index >= 15 is 0 Å². The summed E-state index contributed by atoms with van der Waals surface area (Å²) in [6.45, 7) is 0. The summed E-state index contributed by atoms with van der Waals surface area (Å²) in [5, 5.41) is 6.03. The topological polar surface area (TPSA) is 94.0 Å². The average molecular weight is 330 g/mol. The summed E-state index contributed by atoms with van der Waals surface area (Å²) < 4.78 is 7.03. The minimum absolute atomic E-state index is 0.161. The summed E-state index contributed by atoms with van der Waals surface area (Å²) in [5.74, 6) is 0.811. The van der Waals surface area contributed by atoms with Gasteiger partial charge < -0.3 is 15.4 Å². The van der Waals surface area contributed by atoms with Gasteiger partial charge in [0.2, 0.25) is 5.95 Å². The van der Waals surface area contributed by atoms with Gasteiger partial charge in [0.1, 0.15) is 17.8 Å². The van der Waals surface area contributed by atoms with E-state index in [1.54, 1.807) is 43.5 Å². The Morgan fingerprint density at radius 1 is 1.29 bits per heavy atom. The quantitative estimate of drug-likeness (QED) is 0.860. The molecule has 2 heterocycles. The molecule has 0 radical (unpaired) electrons. The van der Waals surface area contributed by atoms with Crippen molar-refractivity contribution in [2.75, 3.05) is 19.5 Å². The van der Waals surface area contributed by atoms with Gasteiger partial charge in [-0.25, -0.2) is 9.97 Å². The number of imidazole rings is 1. The summed E-state index contributed by atoms with van der Waals surface area (Å²) in [7, 11) is 3.50. The standard InChI is InChI=1S/C16H22N6O2/c1-17-14-9-13(20-16(21-14)22-8-7-18-10-22)15(23)19-11-3-5-12(24-2)6-4-11/h7-12H,3-6H2,1-2H3,(H,19,23)(H,17,20,21). The Morgan fingerprint density at radius 2 is 2.08 bits per heavy atom. The van der Waals surface area contributed by atoms with Crippen LogP contribution in [0.2, 0.25) is 0 Å². The number of hydrogen-bond donors (Lipinski definition) is 2. The summed E-state index contributed by atoms with van der Waals surface area (Å²) in [6, 6.07) is 1.81. The van der Waals surface area contributed by atoms with Gasteiger partial charge >= 0.3 is 0 Å². The second kappa shape index (κ2) is 7.39. The fourth-order valence-corrected chi connectivity index (χ4v) is 2.87. The van der Waals surface area contributed by atoms with Crippen molar-refractivity contribution in [3.8, 4) is 5.95 Å². The van der Waals surface area contributed by atoms with E-state index in [2.05, 4.69) is 25.6 Å². The van der Waals surface area contributed by atoms with Gasteiger partial charge in [-0.05, 0) is 25.7 Å². The van der Waals surface area contributed by atoms with Crippen LogP contribution in [0.15, 0.2) is 24.8 Å². The van der Waals surface area contributed by atoms with Gasteiger partial charge in [-0.15, -0.1) is 0 Å². The molecule has 8 nitrogen and oxygen atoms in total. The third-order valence-corrected chi connectivity index (χ3v) is 4.28. The minimum Gasteiger partial charge on any atom is -0.381 e. The second-order valence-corrected chi connectivity index (χ2v) is 5.84. The van der Waals surface area contributed by atoms with Crippen molar-refractivity contribution in [2.24, 2.45) is 0 Å². The summed E-state index contributed by atoms with van der Waals surface area (Å²) >= 11 is 0. The molecular formula is C16H22N6O2. The maximum Gasteiger partial charge on any atom is 0.270 e. The van der Waals surface area contributed by atoms with Crippen molar-refractivity contribution < 1.29 is 9.53 Å². The molecule has 2 N–H and O–H groups in total. The van der Waals surface area contributed by atoms with Gasteiger partial charge in [-0.2, -0.15) is 4.98 Å². The molecule has 2 aromatic heterocycles. The number of nitrogens with one attached hydrogen (secondary N) is 2. The Hall–Kier alpha value is -2.48. The van der Waals surface area contributed by atoms with Crippen LogP contribution < -0.4 is 10.6 Å². The first-order valence-corrected chi connectivity index (χ1v) is 8.08. The molecule has 0 bridgehead atoms. The van der Waals surface area contributed by atoms with Crippen LogP contribution in [-0.2, 0) is 4.74 Å². The highest BCUT2D eigenvalue weighted by Crippen LogP contribution is 2.21. The molecule has 1 fully saturated rings. The Kier molecular flexibility index (Phi) is 5.05. The molecule has 1 saturated carbocycles. The first-order chi connectivity index (χ1) is 11.7. The smallest absolute Gasteiger partial charge is 0.270 e. The van der Waals surface area contributed by atoms with E-state index in [1.807, 2.05) is 0 Å². The van der Waals surface area contributed by atoms with E-state index < -0.39 is 0 Å². The highest BCUT2D eigenvalue weighted by Gasteiger charge is 2.23. The molecule has 0 unspecified atom stereocenters. The third kappa shape index (κ3) is 3.70. The number of ether oxygens (including phenoxy) is 1. The number of amides is 1. The predicted molar refractivity (Wildman–Crippen MR) is 89.2 cm³/mol. The molecule has 0 saturated heterocycles. The van der Waals surface area contributed by atoms with Crippen LogP contribution >= 0.6 is 0 Å². The number of aromatic nitrogens is 4. The van der Waals surface area contributed by atoms with Gasteiger partial charge in [0.15, 0.2) is 0 Å². The molecule has 128 valence electrons. The lowest BCUT2D eigenvalue weighted by Gasteiger charge is -2.28. The fraction of sp³-hybridized carbons (Fsp3) is 0.500. The average Bonchev–Trinajstić information content (AvgIpc) is 3.16. The fourth-order valence-electron chi connectivity index (χ4n) is 2.87. The number of nitrogens with zero attached hydrogens (tertiary/aromatic N) is 4. The van der Waals surface area contributed by atoms with E-state index in [0.717, 1.165) is 25.7 Å². The van der Waals surface area contributed by atoms with Crippen LogP contribution in [0.3, 0.4) is 0 Å². The first-order valence-electron chi connectivity index (χ1n) is 8.08. The van der Waals surface area contributed by atoms with Crippen molar-refractivity contribution in [2.45, 2.75) is 37.8 Å². The molecule has 1 aliphatic rings. The molecular weight excluding hydrogens is 308 g/mol. The first kappa shape index (κ1) is 16.4. The number of methoxy groups -OCH3 is 1. The molecule has 8 heteroatoms. The van der Waals surface area contributed by atoms with Crippen molar-refractivity contribution >= 4 is 11.7 Å². The highest BCUT2D eigenvalue weighted by atomic mass is 16.5. The van der Waals surface area contributed by atoms with E-state index in [-0.39, 0.29) is 11.9 Å². The number of carbonyl (C=O) groups is 1. The molecule has 1 aliphatic carbocycles. The van der Waals surface area contributed by atoms with Gasteiger partial charge in [0, 0.05) is 38.7 Å². The Bertz CT molecular complexity index is 680. The zero-order valence-electron chi connectivity index (χ0n) is 13.9. The van der Waals surface area contributed by atoms with Gasteiger partial charge in [-0.1, -0.05) is 0 Å². The molecule has 1 amide bonds. The zero-order chi connectivity index (χ0) is 16.9. The Balaban J connectivity index is 1.73. The van der Waals surface area contributed by atoms with E-state index in [1.165, 1.54) is 0 Å². The summed E-state index contributed by atoms with van der Waals surface area (Å²) in [4.78, 5) is 25.3. The van der Waals surface area contributed by atoms with Crippen molar-refractivity contribution in [1.29, 1.82) is 0 Å². The van der Waals surface area contributed by atoms with Gasteiger partial charge in [0.05, 0.1) is 6.10 Å². The molecule has 0 spiro atoms. The molecule has 2 aromatic rings. The lowest BCUT2D eigenvalue weighted by molar-refractivity contribution is 0.0598. The van der Waals surface area contributed by atoms with Crippen LogP contribution in [0.25, 0.3) is 5.95 Å². The van der Waals surface area contributed by atoms with Gasteiger partial charge in [-0.3, -0.25) is 9.36 Å².